The Balaban J connectivity index is 1.73. The molecule has 1 aromatic carbocycles. The summed E-state index contributed by atoms with van der Waals surface area (Å²) in [4.78, 5) is 16.4. The molecule has 0 bridgehead atoms. The monoisotopic (exact) mass is 328 g/mol. The molecule has 1 amide bonds. The first-order valence-electron chi connectivity index (χ1n) is 7.23. The van der Waals surface area contributed by atoms with Crippen LogP contribution in [0.4, 0.5) is 8.78 Å². The number of nitrogens with zero attached hydrogens (tertiary/aromatic N) is 3. The fraction of sp³-hybridized carbons (Fsp3) is 0.118. The van der Waals surface area contributed by atoms with Gasteiger partial charge in [-0.25, -0.2) is 13.5 Å². The van der Waals surface area contributed by atoms with Crippen molar-refractivity contribution in [1.29, 1.82) is 0 Å². The van der Waals surface area contributed by atoms with Gasteiger partial charge in [0.05, 0.1) is 24.0 Å². The lowest BCUT2D eigenvalue weighted by molar-refractivity contribution is 0.0950. The van der Waals surface area contributed by atoms with E-state index in [1.54, 1.807) is 6.20 Å². The summed E-state index contributed by atoms with van der Waals surface area (Å²) in [6.45, 7) is 2.19. The standard InChI is InChI=1S/C17H14F2N4O/c1-11-3-2-6-20-15(11)9-21-17(24)12-8-22-23(10-12)16-5-4-13(18)7-14(16)19/h2-8,10H,9H2,1H3,(H,21,24). The van der Waals surface area contributed by atoms with Crippen molar-refractivity contribution < 1.29 is 13.6 Å². The minimum Gasteiger partial charge on any atom is -0.346 e. The van der Waals surface area contributed by atoms with E-state index in [9.17, 15) is 13.6 Å². The molecule has 0 saturated carbocycles. The van der Waals surface area contributed by atoms with E-state index in [0.717, 1.165) is 23.4 Å². The molecule has 0 aliphatic rings. The molecule has 3 aromatic rings. The van der Waals surface area contributed by atoms with Gasteiger partial charge in [-0.3, -0.25) is 9.78 Å². The van der Waals surface area contributed by atoms with Crippen molar-refractivity contribution in [3.05, 3.63) is 77.4 Å². The number of pyridine rings is 1. The molecule has 0 unspecified atom stereocenters. The molecule has 2 heterocycles. The average Bonchev–Trinajstić information content (AvgIpc) is 3.03. The third-order valence-corrected chi connectivity index (χ3v) is 3.54. The van der Waals surface area contributed by atoms with E-state index in [1.165, 1.54) is 23.1 Å². The summed E-state index contributed by atoms with van der Waals surface area (Å²) in [6, 6.07) is 6.88. The van der Waals surface area contributed by atoms with Crippen molar-refractivity contribution in [1.82, 2.24) is 20.1 Å². The predicted octanol–water partition coefficient (Wildman–Crippen LogP) is 2.78. The molecule has 1 N–H and O–H groups in total. The molecule has 0 aliphatic heterocycles. The van der Waals surface area contributed by atoms with Gasteiger partial charge in [-0.15, -0.1) is 0 Å². The number of hydrogen-bond donors (Lipinski definition) is 1. The van der Waals surface area contributed by atoms with Crippen molar-refractivity contribution >= 4 is 5.91 Å². The SMILES string of the molecule is Cc1cccnc1CNC(=O)c1cnn(-c2ccc(F)cc2F)c1. The summed E-state index contributed by atoms with van der Waals surface area (Å²) >= 11 is 0. The molecule has 24 heavy (non-hydrogen) atoms. The van der Waals surface area contributed by atoms with Crippen molar-refractivity contribution in [2.75, 3.05) is 0 Å². The third kappa shape index (κ3) is 3.29. The fourth-order valence-electron chi connectivity index (χ4n) is 2.21. The molecule has 0 aliphatic carbocycles. The van der Waals surface area contributed by atoms with Crippen LogP contribution in [0.3, 0.4) is 0 Å². The van der Waals surface area contributed by atoms with Crippen LogP contribution in [0.15, 0.2) is 48.9 Å². The van der Waals surface area contributed by atoms with Crippen molar-refractivity contribution in [2.45, 2.75) is 13.5 Å². The smallest absolute Gasteiger partial charge is 0.254 e. The van der Waals surface area contributed by atoms with E-state index in [0.29, 0.717) is 0 Å². The van der Waals surface area contributed by atoms with Crippen LogP contribution in [0.25, 0.3) is 5.69 Å². The van der Waals surface area contributed by atoms with Crippen molar-refractivity contribution in [3.63, 3.8) is 0 Å². The normalized spacial score (nSPS) is 10.6. The number of halogens is 2. The third-order valence-electron chi connectivity index (χ3n) is 3.54. The van der Waals surface area contributed by atoms with E-state index in [-0.39, 0.29) is 23.7 Å². The van der Waals surface area contributed by atoms with Crippen LogP contribution in [0, 0.1) is 18.6 Å². The molecule has 0 atom stereocenters. The predicted molar refractivity (Wildman–Crippen MR) is 83.6 cm³/mol. The summed E-state index contributed by atoms with van der Waals surface area (Å²) in [5, 5.41) is 6.68. The lowest BCUT2D eigenvalue weighted by Crippen LogP contribution is -2.23. The number of carbonyl (C=O) groups is 1. The second-order valence-corrected chi connectivity index (χ2v) is 5.22. The summed E-state index contributed by atoms with van der Waals surface area (Å²) in [7, 11) is 0. The number of carbonyl (C=O) groups excluding carboxylic acids is 1. The largest absolute Gasteiger partial charge is 0.346 e. The second-order valence-electron chi connectivity index (χ2n) is 5.22. The van der Waals surface area contributed by atoms with Crippen LogP contribution in [-0.4, -0.2) is 20.7 Å². The average molecular weight is 328 g/mol. The Morgan fingerprint density at radius 3 is 2.88 bits per heavy atom. The van der Waals surface area contributed by atoms with Gasteiger partial charge in [0, 0.05) is 18.5 Å². The van der Waals surface area contributed by atoms with Gasteiger partial charge < -0.3 is 5.32 Å². The van der Waals surface area contributed by atoms with E-state index in [1.807, 2.05) is 19.1 Å². The highest BCUT2D eigenvalue weighted by molar-refractivity contribution is 5.93. The highest BCUT2D eigenvalue weighted by atomic mass is 19.1. The Hall–Kier alpha value is -3.09. The Bertz CT molecular complexity index is 892. The molecule has 2 aromatic heterocycles. The Kier molecular flexibility index (Phi) is 4.33. The van der Waals surface area contributed by atoms with E-state index in [4.69, 9.17) is 0 Å². The van der Waals surface area contributed by atoms with Crippen LogP contribution in [-0.2, 0) is 6.54 Å². The highest BCUT2D eigenvalue weighted by Gasteiger charge is 2.12. The first kappa shape index (κ1) is 15.8. The van der Waals surface area contributed by atoms with Crippen LogP contribution in [0.5, 0.6) is 0 Å². The molecule has 0 saturated heterocycles. The lowest BCUT2D eigenvalue weighted by Gasteiger charge is -2.05. The molecule has 5 nitrogen and oxygen atoms in total. The first-order valence-corrected chi connectivity index (χ1v) is 7.23. The van der Waals surface area contributed by atoms with Gasteiger partial charge in [0.1, 0.15) is 11.5 Å². The number of nitrogens with one attached hydrogen (secondary N) is 1. The number of aromatic nitrogens is 3. The van der Waals surface area contributed by atoms with Gasteiger partial charge in [0.15, 0.2) is 5.82 Å². The number of benzene rings is 1. The van der Waals surface area contributed by atoms with Gasteiger partial charge in [-0.1, -0.05) is 6.07 Å². The zero-order valence-corrected chi connectivity index (χ0v) is 12.8. The molecular formula is C17H14F2N4O. The van der Waals surface area contributed by atoms with Gasteiger partial charge >= 0.3 is 0 Å². The minimum absolute atomic E-state index is 0.0658. The quantitative estimate of drug-likeness (QED) is 0.801. The van der Waals surface area contributed by atoms with Crippen molar-refractivity contribution in [2.24, 2.45) is 0 Å². The van der Waals surface area contributed by atoms with Crippen LogP contribution in [0.2, 0.25) is 0 Å². The highest BCUT2D eigenvalue weighted by Crippen LogP contribution is 2.14. The molecule has 122 valence electrons. The minimum atomic E-state index is -0.755. The summed E-state index contributed by atoms with van der Waals surface area (Å²) in [6.07, 6.45) is 4.37. The maximum atomic E-state index is 13.8. The van der Waals surface area contributed by atoms with Gasteiger partial charge in [-0.05, 0) is 30.7 Å². The van der Waals surface area contributed by atoms with E-state index >= 15 is 0 Å². The van der Waals surface area contributed by atoms with Gasteiger partial charge in [0.2, 0.25) is 0 Å². The van der Waals surface area contributed by atoms with E-state index in [2.05, 4.69) is 15.4 Å². The molecule has 0 fully saturated rings. The topological polar surface area (TPSA) is 59.8 Å². The molecular weight excluding hydrogens is 314 g/mol. The summed E-state index contributed by atoms with van der Waals surface area (Å²) in [5.41, 5.74) is 2.08. The maximum absolute atomic E-state index is 13.8. The molecule has 7 heteroatoms. The van der Waals surface area contributed by atoms with Crippen molar-refractivity contribution in [3.8, 4) is 5.69 Å². The second kappa shape index (κ2) is 6.57. The molecule has 0 radical (unpaired) electrons. The number of rotatable bonds is 4. The maximum Gasteiger partial charge on any atom is 0.254 e. The summed E-state index contributed by atoms with van der Waals surface area (Å²) < 4.78 is 27.9. The van der Waals surface area contributed by atoms with Gasteiger partial charge in [0.25, 0.3) is 5.91 Å². The number of amides is 1. The van der Waals surface area contributed by atoms with E-state index < -0.39 is 11.6 Å². The molecule has 3 rings (SSSR count). The zero-order chi connectivity index (χ0) is 17.1. The zero-order valence-electron chi connectivity index (χ0n) is 12.8. The Morgan fingerprint density at radius 1 is 1.29 bits per heavy atom. The number of aryl methyl sites for hydroxylation is 1. The fourth-order valence-corrected chi connectivity index (χ4v) is 2.21. The van der Waals surface area contributed by atoms with Gasteiger partial charge in [-0.2, -0.15) is 5.10 Å². The van der Waals surface area contributed by atoms with Crippen LogP contribution < -0.4 is 5.32 Å². The van der Waals surface area contributed by atoms with Crippen LogP contribution >= 0.6 is 0 Å². The first-order chi connectivity index (χ1) is 11.5. The Morgan fingerprint density at radius 2 is 2.12 bits per heavy atom. The molecule has 0 spiro atoms. The number of hydrogen-bond acceptors (Lipinski definition) is 3. The lowest BCUT2D eigenvalue weighted by atomic mass is 10.2. The van der Waals surface area contributed by atoms with Crippen LogP contribution in [0.1, 0.15) is 21.6 Å². The Labute approximate surface area is 137 Å². The summed E-state index contributed by atoms with van der Waals surface area (Å²) in [5.74, 6) is -1.78.